The molecule has 1 aromatic rings. The van der Waals surface area contributed by atoms with Crippen LogP contribution in [0.5, 0.6) is 0 Å². The SMILES string of the molecule is CCCSc1ccccc1[S]. The lowest BCUT2D eigenvalue weighted by Gasteiger charge is -2.00. The van der Waals surface area contributed by atoms with Crippen molar-refractivity contribution in [1.82, 2.24) is 0 Å². The highest BCUT2D eigenvalue weighted by Crippen LogP contribution is 2.25. The minimum atomic E-state index is 0.978. The first-order chi connectivity index (χ1) is 5.34. The second-order valence-electron chi connectivity index (χ2n) is 2.30. The molecule has 0 aliphatic heterocycles. The Bertz CT molecular complexity index is 221. The molecule has 0 saturated heterocycles. The predicted octanol–water partition coefficient (Wildman–Crippen LogP) is 3.75. The van der Waals surface area contributed by atoms with Crippen LogP contribution in [0, 0.1) is 0 Å². The van der Waals surface area contributed by atoms with Crippen LogP contribution in [0.4, 0.5) is 0 Å². The van der Waals surface area contributed by atoms with Crippen molar-refractivity contribution in [1.29, 1.82) is 0 Å². The molecule has 0 bridgehead atoms. The molecule has 0 amide bonds. The molecule has 0 atom stereocenters. The van der Waals surface area contributed by atoms with E-state index in [9.17, 15) is 0 Å². The van der Waals surface area contributed by atoms with E-state index >= 15 is 0 Å². The average Bonchev–Trinajstić information content (AvgIpc) is 2.03. The van der Waals surface area contributed by atoms with E-state index in [1.807, 2.05) is 30.0 Å². The molecule has 0 aliphatic carbocycles. The summed E-state index contributed by atoms with van der Waals surface area (Å²) in [6, 6.07) is 8.09. The summed E-state index contributed by atoms with van der Waals surface area (Å²) in [5, 5.41) is 0. The first-order valence-electron chi connectivity index (χ1n) is 3.73. The van der Waals surface area contributed by atoms with Crippen molar-refractivity contribution < 1.29 is 0 Å². The van der Waals surface area contributed by atoms with Crippen molar-refractivity contribution >= 4 is 24.4 Å². The normalized spacial score (nSPS) is 9.91. The van der Waals surface area contributed by atoms with Crippen molar-refractivity contribution in [3.8, 4) is 0 Å². The van der Waals surface area contributed by atoms with Crippen molar-refractivity contribution in [2.45, 2.75) is 23.1 Å². The molecule has 0 N–H and O–H groups in total. The third kappa shape index (κ3) is 2.72. The molecule has 1 radical (unpaired) electrons. The first-order valence-corrected chi connectivity index (χ1v) is 5.13. The molecule has 0 saturated carbocycles. The van der Waals surface area contributed by atoms with E-state index in [0.717, 1.165) is 10.6 Å². The quantitative estimate of drug-likeness (QED) is 0.643. The van der Waals surface area contributed by atoms with E-state index in [2.05, 4.69) is 13.0 Å². The Morgan fingerprint density at radius 1 is 1.36 bits per heavy atom. The Hall–Kier alpha value is -0.210. The Balaban J connectivity index is 2.62. The summed E-state index contributed by atoms with van der Waals surface area (Å²) in [7, 11) is 0. The molecule has 0 unspecified atom stereocenters. The van der Waals surface area contributed by atoms with Gasteiger partial charge in [0, 0.05) is 4.90 Å². The highest BCUT2D eigenvalue weighted by molar-refractivity contribution is 7.99. The lowest BCUT2D eigenvalue weighted by molar-refractivity contribution is 1.10. The standard InChI is InChI=1S/C9H11S2/c1-2-7-11-9-6-4-3-5-8(9)10/h3-6H,2,7H2,1H3. The number of rotatable bonds is 3. The second-order valence-corrected chi connectivity index (χ2v) is 3.87. The van der Waals surface area contributed by atoms with Gasteiger partial charge in [0.15, 0.2) is 0 Å². The Kier molecular flexibility index (Phi) is 3.73. The molecule has 59 valence electrons. The molecule has 0 aromatic heterocycles. The van der Waals surface area contributed by atoms with Crippen molar-refractivity contribution in [2.24, 2.45) is 0 Å². The van der Waals surface area contributed by atoms with E-state index < -0.39 is 0 Å². The zero-order chi connectivity index (χ0) is 8.10. The van der Waals surface area contributed by atoms with Crippen LogP contribution in [-0.2, 0) is 0 Å². The maximum atomic E-state index is 5.14. The maximum Gasteiger partial charge on any atom is 0.0512 e. The van der Waals surface area contributed by atoms with Crippen LogP contribution in [0.25, 0.3) is 0 Å². The third-order valence-electron chi connectivity index (χ3n) is 1.31. The summed E-state index contributed by atoms with van der Waals surface area (Å²) in [6.07, 6.45) is 1.20. The number of hydrogen-bond acceptors (Lipinski definition) is 1. The van der Waals surface area contributed by atoms with Gasteiger partial charge >= 0.3 is 0 Å². The molecule has 1 rings (SSSR count). The first kappa shape index (κ1) is 8.88. The topological polar surface area (TPSA) is 0 Å². The molecule has 0 nitrogen and oxygen atoms in total. The van der Waals surface area contributed by atoms with Crippen LogP contribution in [0.1, 0.15) is 13.3 Å². The van der Waals surface area contributed by atoms with Gasteiger partial charge in [-0.05, 0) is 24.3 Å². The van der Waals surface area contributed by atoms with Crippen molar-refractivity contribution in [2.75, 3.05) is 5.75 Å². The van der Waals surface area contributed by atoms with E-state index in [1.54, 1.807) is 0 Å². The molecule has 0 heterocycles. The van der Waals surface area contributed by atoms with E-state index in [-0.39, 0.29) is 0 Å². The average molecular weight is 183 g/mol. The third-order valence-corrected chi connectivity index (χ3v) is 3.08. The lowest BCUT2D eigenvalue weighted by Crippen LogP contribution is -1.77. The number of thioether (sulfide) groups is 1. The largest absolute Gasteiger partial charge is 0.125 e. The smallest absolute Gasteiger partial charge is 0.0512 e. The van der Waals surface area contributed by atoms with E-state index in [1.165, 1.54) is 11.3 Å². The fraction of sp³-hybridized carbons (Fsp3) is 0.333. The van der Waals surface area contributed by atoms with E-state index in [0.29, 0.717) is 0 Å². The van der Waals surface area contributed by atoms with Gasteiger partial charge in [0.2, 0.25) is 0 Å². The van der Waals surface area contributed by atoms with E-state index in [4.69, 9.17) is 12.6 Å². The van der Waals surface area contributed by atoms with Gasteiger partial charge in [0.1, 0.15) is 0 Å². The molecule has 2 heteroatoms. The summed E-state index contributed by atoms with van der Waals surface area (Å²) in [5.41, 5.74) is 0. The zero-order valence-corrected chi connectivity index (χ0v) is 8.17. The van der Waals surface area contributed by atoms with Gasteiger partial charge in [-0.1, -0.05) is 31.7 Å². The Labute approximate surface area is 77.8 Å². The van der Waals surface area contributed by atoms with Crippen LogP contribution >= 0.6 is 24.4 Å². The minimum Gasteiger partial charge on any atom is -0.125 e. The van der Waals surface area contributed by atoms with Gasteiger partial charge in [-0.25, -0.2) is 0 Å². The van der Waals surface area contributed by atoms with Gasteiger partial charge < -0.3 is 0 Å². The molecule has 0 fully saturated rings. The van der Waals surface area contributed by atoms with Gasteiger partial charge in [-0.2, -0.15) is 0 Å². The minimum absolute atomic E-state index is 0.978. The summed E-state index contributed by atoms with van der Waals surface area (Å²) in [4.78, 5) is 2.22. The Morgan fingerprint density at radius 2 is 2.09 bits per heavy atom. The van der Waals surface area contributed by atoms with Crippen LogP contribution < -0.4 is 0 Å². The highest BCUT2D eigenvalue weighted by Gasteiger charge is 1.96. The molecule has 1 aromatic carbocycles. The van der Waals surface area contributed by atoms with Crippen LogP contribution in [0.2, 0.25) is 0 Å². The Morgan fingerprint density at radius 3 is 2.73 bits per heavy atom. The van der Waals surface area contributed by atoms with Gasteiger partial charge in [-0.15, -0.1) is 11.8 Å². The molecule has 0 spiro atoms. The lowest BCUT2D eigenvalue weighted by atomic mass is 10.4. The molecular formula is C9H11S2. The molecular weight excluding hydrogens is 172 g/mol. The zero-order valence-electron chi connectivity index (χ0n) is 6.54. The van der Waals surface area contributed by atoms with Gasteiger partial charge in [-0.3, -0.25) is 0 Å². The van der Waals surface area contributed by atoms with Crippen molar-refractivity contribution in [3.63, 3.8) is 0 Å². The predicted molar refractivity (Wildman–Crippen MR) is 53.3 cm³/mol. The monoisotopic (exact) mass is 183 g/mol. The number of hydrogen-bond donors (Lipinski definition) is 0. The van der Waals surface area contributed by atoms with Crippen LogP contribution in [-0.4, -0.2) is 5.75 Å². The summed E-state index contributed by atoms with van der Waals surface area (Å²) < 4.78 is 0. The van der Waals surface area contributed by atoms with Crippen LogP contribution in [0.3, 0.4) is 0 Å². The van der Waals surface area contributed by atoms with Crippen LogP contribution in [0.15, 0.2) is 34.1 Å². The highest BCUT2D eigenvalue weighted by atomic mass is 32.2. The fourth-order valence-corrected chi connectivity index (χ4v) is 1.91. The molecule has 11 heavy (non-hydrogen) atoms. The summed E-state index contributed by atoms with van der Waals surface area (Å²) >= 11 is 6.99. The summed E-state index contributed by atoms with van der Waals surface area (Å²) in [5.74, 6) is 1.16. The summed E-state index contributed by atoms with van der Waals surface area (Å²) in [6.45, 7) is 2.18. The number of benzene rings is 1. The second kappa shape index (κ2) is 4.62. The fourth-order valence-electron chi connectivity index (χ4n) is 0.781. The van der Waals surface area contributed by atoms with Gasteiger partial charge in [0.05, 0.1) is 4.90 Å². The molecule has 0 aliphatic rings. The maximum absolute atomic E-state index is 5.14. The van der Waals surface area contributed by atoms with Crippen molar-refractivity contribution in [3.05, 3.63) is 24.3 Å². The van der Waals surface area contributed by atoms with Gasteiger partial charge in [0.25, 0.3) is 0 Å².